The Hall–Kier alpha value is -2.29. The van der Waals surface area contributed by atoms with Gasteiger partial charge in [0.05, 0.1) is 6.61 Å². The normalized spacial score (nSPS) is 10.9. The Labute approximate surface area is 197 Å². The smallest absolute Gasteiger partial charge is 0.253 e. The number of carbonyl (C=O) groups is 1. The van der Waals surface area contributed by atoms with Gasteiger partial charge in [-0.05, 0) is 41.3 Å². The van der Waals surface area contributed by atoms with Crippen LogP contribution in [0.15, 0.2) is 53.5 Å². The van der Waals surface area contributed by atoms with Gasteiger partial charge in [0, 0.05) is 39.8 Å². The minimum absolute atomic E-state index is 0. The van der Waals surface area contributed by atoms with Crippen molar-refractivity contribution in [3.8, 4) is 5.75 Å². The molecule has 0 radical (unpaired) electrons. The van der Waals surface area contributed by atoms with Gasteiger partial charge >= 0.3 is 0 Å². The number of ether oxygens (including phenoxy) is 1. The van der Waals surface area contributed by atoms with Crippen LogP contribution >= 0.6 is 24.0 Å². The summed E-state index contributed by atoms with van der Waals surface area (Å²) in [6, 6.07) is 15.7. The Morgan fingerprint density at radius 3 is 2.23 bits per heavy atom. The number of nitrogens with zero attached hydrogens (tertiary/aromatic N) is 2. The van der Waals surface area contributed by atoms with Crippen LogP contribution in [0, 0.1) is 5.92 Å². The van der Waals surface area contributed by atoms with E-state index < -0.39 is 0 Å². The molecule has 0 aliphatic heterocycles. The zero-order valence-corrected chi connectivity index (χ0v) is 20.8. The zero-order chi connectivity index (χ0) is 21.2. The Bertz CT molecular complexity index is 820. The van der Waals surface area contributed by atoms with Crippen LogP contribution in [0.3, 0.4) is 0 Å². The molecule has 2 aromatic rings. The SMILES string of the molecule is CN=C(NCc1ccc(C(=O)N(C)C)cc1)NCc1cccc(OCC(C)C)c1.I. The fourth-order valence-corrected chi connectivity index (χ4v) is 2.62. The van der Waals surface area contributed by atoms with Crippen molar-refractivity contribution in [3.05, 3.63) is 65.2 Å². The lowest BCUT2D eigenvalue weighted by molar-refractivity contribution is 0.0827. The predicted molar refractivity (Wildman–Crippen MR) is 134 cm³/mol. The highest BCUT2D eigenvalue weighted by atomic mass is 127. The number of hydrogen-bond donors (Lipinski definition) is 2. The second-order valence-electron chi connectivity index (χ2n) is 7.53. The van der Waals surface area contributed by atoms with Crippen molar-refractivity contribution in [3.63, 3.8) is 0 Å². The largest absolute Gasteiger partial charge is 0.493 e. The van der Waals surface area contributed by atoms with Gasteiger partial charge in [0.15, 0.2) is 5.96 Å². The van der Waals surface area contributed by atoms with E-state index in [2.05, 4.69) is 35.5 Å². The summed E-state index contributed by atoms with van der Waals surface area (Å²) in [5, 5.41) is 6.61. The molecular weight excluding hydrogens is 491 g/mol. The van der Waals surface area contributed by atoms with Gasteiger partial charge in [0.25, 0.3) is 5.91 Å². The molecule has 2 aromatic carbocycles. The van der Waals surface area contributed by atoms with Gasteiger partial charge < -0.3 is 20.3 Å². The number of guanidine groups is 1. The standard InChI is InChI=1S/C23H32N4O2.HI/c1-17(2)16-29-21-8-6-7-19(13-21)15-26-23(24-3)25-14-18-9-11-20(12-10-18)22(28)27(4)5;/h6-13,17H,14-16H2,1-5H3,(H2,24,25,26);1H. The van der Waals surface area contributed by atoms with Gasteiger partial charge in [0.1, 0.15) is 5.75 Å². The van der Waals surface area contributed by atoms with Crippen LogP contribution in [0.5, 0.6) is 5.75 Å². The van der Waals surface area contributed by atoms with Crippen molar-refractivity contribution >= 4 is 35.8 Å². The second-order valence-corrected chi connectivity index (χ2v) is 7.53. The molecule has 0 saturated carbocycles. The summed E-state index contributed by atoms with van der Waals surface area (Å²) in [6.07, 6.45) is 0. The Kier molecular flexibility index (Phi) is 11.2. The summed E-state index contributed by atoms with van der Waals surface area (Å²) in [7, 11) is 5.25. The highest BCUT2D eigenvalue weighted by Crippen LogP contribution is 2.14. The molecule has 30 heavy (non-hydrogen) atoms. The first kappa shape index (κ1) is 25.7. The van der Waals surface area contributed by atoms with Gasteiger partial charge in [-0.1, -0.05) is 38.1 Å². The Balaban J connectivity index is 0.00000450. The molecule has 0 atom stereocenters. The molecule has 0 bridgehead atoms. The number of amides is 1. The molecule has 0 spiro atoms. The number of halogens is 1. The van der Waals surface area contributed by atoms with E-state index in [0.29, 0.717) is 37.1 Å². The number of benzene rings is 2. The Morgan fingerprint density at radius 1 is 1.03 bits per heavy atom. The number of rotatable bonds is 8. The summed E-state index contributed by atoms with van der Waals surface area (Å²) in [6.45, 7) is 6.24. The van der Waals surface area contributed by atoms with Gasteiger partial charge in [-0.2, -0.15) is 0 Å². The molecule has 6 nitrogen and oxygen atoms in total. The number of nitrogens with one attached hydrogen (secondary N) is 2. The summed E-state index contributed by atoms with van der Waals surface area (Å²) in [5.74, 6) is 2.09. The molecule has 164 valence electrons. The molecule has 0 aliphatic rings. The molecule has 1 amide bonds. The van der Waals surface area contributed by atoms with E-state index in [1.165, 1.54) is 0 Å². The van der Waals surface area contributed by atoms with E-state index >= 15 is 0 Å². The molecular formula is C23H33IN4O2. The van der Waals surface area contributed by atoms with Crippen LogP contribution in [0.4, 0.5) is 0 Å². The monoisotopic (exact) mass is 524 g/mol. The van der Waals surface area contributed by atoms with E-state index in [-0.39, 0.29) is 29.9 Å². The van der Waals surface area contributed by atoms with Crippen LogP contribution in [0.2, 0.25) is 0 Å². The fourth-order valence-electron chi connectivity index (χ4n) is 2.62. The van der Waals surface area contributed by atoms with Crippen LogP contribution in [0.25, 0.3) is 0 Å². The summed E-state index contributed by atoms with van der Waals surface area (Å²) in [5.41, 5.74) is 2.88. The average Bonchev–Trinajstić information content (AvgIpc) is 2.72. The third-order valence-electron chi connectivity index (χ3n) is 4.23. The van der Waals surface area contributed by atoms with Crippen LogP contribution in [0.1, 0.15) is 35.3 Å². The highest BCUT2D eigenvalue weighted by molar-refractivity contribution is 14.0. The van der Waals surface area contributed by atoms with E-state index in [0.717, 1.165) is 16.9 Å². The molecule has 0 aliphatic carbocycles. The third kappa shape index (κ3) is 8.61. The van der Waals surface area contributed by atoms with Crippen molar-refractivity contribution in [2.75, 3.05) is 27.7 Å². The molecule has 2 rings (SSSR count). The first-order valence-corrected chi connectivity index (χ1v) is 9.86. The first-order valence-electron chi connectivity index (χ1n) is 9.86. The molecule has 0 heterocycles. The quantitative estimate of drug-likeness (QED) is 0.312. The van der Waals surface area contributed by atoms with Gasteiger partial charge in [-0.15, -0.1) is 24.0 Å². The molecule has 7 heteroatoms. The minimum atomic E-state index is 0. The number of aliphatic imine (C=N–C) groups is 1. The molecule has 2 N–H and O–H groups in total. The highest BCUT2D eigenvalue weighted by Gasteiger charge is 2.07. The Morgan fingerprint density at radius 2 is 1.67 bits per heavy atom. The van der Waals surface area contributed by atoms with Gasteiger partial charge in [0.2, 0.25) is 0 Å². The van der Waals surface area contributed by atoms with E-state index in [4.69, 9.17) is 4.74 Å². The van der Waals surface area contributed by atoms with Crippen molar-refractivity contribution < 1.29 is 9.53 Å². The predicted octanol–water partition coefficient (Wildman–Crippen LogP) is 3.91. The number of hydrogen-bond acceptors (Lipinski definition) is 3. The second kappa shape index (κ2) is 13.1. The fraction of sp³-hybridized carbons (Fsp3) is 0.391. The summed E-state index contributed by atoms with van der Waals surface area (Å²) >= 11 is 0. The zero-order valence-electron chi connectivity index (χ0n) is 18.4. The van der Waals surface area contributed by atoms with E-state index in [9.17, 15) is 4.79 Å². The maximum Gasteiger partial charge on any atom is 0.253 e. The molecule has 0 saturated heterocycles. The maximum absolute atomic E-state index is 12.0. The van der Waals surface area contributed by atoms with Crippen molar-refractivity contribution in [2.24, 2.45) is 10.9 Å². The minimum Gasteiger partial charge on any atom is -0.493 e. The van der Waals surface area contributed by atoms with Crippen LogP contribution in [-0.2, 0) is 13.1 Å². The van der Waals surface area contributed by atoms with Crippen molar-refractivity contribution in [1.82, 2.24) is 15.5 Å². The summed E-state index contributed by atoms with van der Waals surface area (Å²) < 4.78 is 5.79. The molecule has 0 fully saturated rings. The molecule has 0 aromatic heterocycles. The number of carbonyl (C=O) groups excluding carboxylic acids is 1. The van der Waals surface area contributed by atoms with Gasteiger partial charge in [-0.3, -0.25) is 9.79 Å². The van der Waals surface area contributed by atoms with Crippen molar-refractivity contribution in [1.29, 1.82) is 0 Å². The average molecular weight is 524 g/mol. The van der Waals surface area contributed by atoms with E-state index in [1.807, 2.05) is 42.5 Å². The van der Waals surface area contributed by atoms with Crippen LogP contribution in [-0.4, -0.2) is 44.5 Å². The maximum atomic E-state index is 12.0. The lowest BCUT2D eigenvalue weighted by atomic mass is 10.1. The van der Waals surface area contributed by atoms with Crippen LogP contribution < -0.4 is 15.4 Å². The summed E-state index contributed by atoms with van der Waals surface area (Å²) in [4.78, 5) is 17.8. The van der Waals surface area contributed by atoms with Gasteiger partial charge in [-0.25, -0.2) is 0 Å². The molecule has 0 unspecified atom stereocenters. The lowest BCUT2D eigenvalue weighted by Gasteiger charge is -2.14. The topological polar surface area (TPSA) is 66.0 Å². The van der Waals surface area contributed by atoms with Crippen molar-refractivity contribution in [2.45, 2.75) is 26.9 Å². The first-order chi connectivity index (χ1) is 13.9. The third-order valence-corrected chi connectivity index (χ3v) is 4.23. The van der Waals surface area contributed by atoms with E-state index in [1.54, 1.807) is 26.0 Å². The lowest BCUT2D eigenvalue weighted by Crippen LogP contribution is -2.36.